The molecule has 0 atom stereocenters. The first-order chi connectivity index (χ1) is 13.0. The molecule has 0 fully saturated rings. The summed E-state index contributed by atoms with van der Waals surface area (Å²) < 4.78 is 34.0. The molecule has 1 amide bonds. The van der Waals surface area contributed by atoms with Crippen molar-refractivity contribution in [3.05, 3.63) is 72.0 Å². The number of alkyl halides is 2. The Morgan fingerprint density at radius 1 is 1.11 bits per heavy atom. The lowest BCUT2D eigenvalue weighted by molar-refractivity contribution is -0.107. The zero-order valence-corrected chi connectivity index (χ0v) is 14.0. The van der Waals surface area contributed by atoms with Gasteiger partial charge in [-0.2, -0.15) is 8.78 Å². The Morgan fingerprint density at radius 3 is 2.44 bits per heavy atom. The van der Waals surface area contributed by atoms with Crippen LogP contribution in [0.5, 0.6) is 5.75 Å². The molecule has 27 heavy (non-hydrogen) atoms. The Labute approximate surface area is 153 Å². The number of carbonyl (C=O) groups excluding carboxylic acids is 2. The number of hydrogen-bond acceptors (Lipinski definition) is 4. The lowest BCUT2D eigenvalue weighted by atomic mass is 10.1. The monoisotopic (exact) mass is 371 g/mol. The third kappa shape index (κ3) is 4.78. The Balaban J connectivity index is 1.67. The van der Waals surface area contributed by atoms with Crippen LogP contribution in [-0.4, -0.2) is 18.8 Å². The number of amides is 1. The fourth-order valence-electron chi connectivity index (χ4n) is 2.43. The summed E-state index contributed by atoms with van der Waals surface area (Å²) in [7, 11) is 0. The second-order valence-corrected chi connectivity index (χ2v) is 5.62. The van der Waals surface area contributed by atoms with E-state index in [9.17, 15) is 18.4 Å². The fourth-order valence-corrected chi connectivity index (χ4v) is 2.43. The Morgan fingerprint density at radius 2 is 1.81 bits per heavy atom. The van der Waals surface area contributed by atoms with Crippen LogP contribution in [0, 0.1) is 0 Å². The lowest BCUT2D eigenvalue weighted by Crippen LogP contribution is -2.10. The number of furan rings is 1. The van der Waals surface area contributed by atoms with Crippen LogP contribution >= 0.6 is 0 Å². The van der Waals surface area contributed by atoms with Gasteiger partial charge in [0.2, 0.25) is 0 Å². The maximum Gasteiger partial charge on any atom is 0.387 e. The molecule has 0 unspecified atom stereocenters. The third-order valence-electron chi connectivity index (χ3n) is 3.76. The molecule has 0 saturated heterocycles. The topological polar surface area (TPSA) is 68.5 Å². The maximum atomic E-state index is 12.3. The molecule has 1 N–H and O–H groups in total. The van der Waals surface area contributed by atoms with Gasteiger partial charge in [0.1, 0.15) is 24.1 Å². The van der Waals surface area contributed by atoms with Crippen molar-refractivity contribution in [3.63, 3.8) is 0 Å². The second-order valence-electron chi connectivity index (χ2n) is 5.62. The van der Waals surface area contributed by atoms with Crippen LogP contribution in [0.15, 0.2) is 65.3 Å². The van der Waals surface area contributed by atoms with Gasteiger partial charge in [-0.3, -0.25) is 4.79 Å². The van der Waals surface area contributed by atoms with Crippen molar-refractivity contribution in [2.24, 2.45) is 0 Å². The molecule has 0 spiro atoms. The number of hydrogen-bond donors (Lipinski definition) is 1. The average Bonchev–Trinajstić information content (AvgIpc) is 3.14. The van der Waals surface area contributed by atoms with Gasteiger partial charge in [0.25, 0.3) is 5.91 Å². The van der Waals surface area contributed by atoms with Crippen LogP contribution in [0.1, 0.15) is 15.9 Å². The van der Waals surface area contributed by atoms with Crippen molar-refractivity contribution < 1.29 is 27.5 Å². The van der Waals surface area contributed by atoms with E-state index >= 15 is 0 Å². The zero-order chi connectivity index (χ0) is 19.2. The van der Waals surface area contributed by atoms with Gasteiger partial charge in [0.05, 0.1) is 5.56 Å². The van der Waals surface area contributed by atoms with Gasteiger partial charge in [-0.05, 0) is 48.0 Å². The Kier molecular flexibility index (Phi) is 5.61. The van der Waals surface area contributed by atoms with E-state index < -0.39 is 6.61 Å². The number of halogens is 2. The van der Waals surface area contributed by atoms with Gasteiger partial charge in [0.15, 0.2) is 0 Å². The van der Waals surface area contributed by atoms with Crippen LogP contribution in [0.4, 0.5) is 14.5 Å². The summed E-state index contributed by atoms with van der Waals surface area (Å²) in [6.45, 7) is -2.89. The highest BCUT2D eigenvalue weighted by atomic mass is 19.3. The SMILES string of the molecule is O=CCc1ccc(NC(=O)c2coc(-c3ccc(OC(F)F)cc3)c2)cc1. The number of benzene rings is 2. The smallest absolute Gasteiger partial charge is 0.387 e. The summed E-state index contributed by atoms with van der Waals surface area (Å²) in [6, 6.07) is 14.4. The zero-order valence-electron chi connectivity index (χ0n) is 14.0. The van der Waals surface area contributed by atoms with Gasteiger partial charge in [-0.25, -0.2) is 0 Å². The largest absolute Gasteiger partial charge is 0.464 e. The van der Waals surface area contributed by atoms with E-state index in [1.54, 1.807) is 42.5 Å². The highest BCUT2D eigenvalue weighted by Gasteiger charge is 2.12. The normalized spacial score (nSPS) is 10.6. The van der Waals surface area contributed by atoms with Crippen LogP contribution in [-0.2, 0) is 11.2 Å². The number of aldehydes is 1. The van der Waals surface area contributed by atoms with E-state index in [2.05, 4.69) is 10.1 Å². The van der Waals surface area contributed by atoms with Crippen LogP contribution in [0.2, 0.25) is 0 Å². The first kappa shape index (κ1) is 18.3. The molecule has 0 aliphatic carbocycles. The molecule has 5 nitrogen and oxygen atoms in total. The van der Waals surface area contributed by atoms with E-state index in [1.807, 2.05) is 0 Å². The summed E-state index contributed by atoms with van der Waals surface area (Å²) in [6.07, 6.45) is 2.45. The van der Waals surface area contributed by atoms with Crippen molar-refractivity contribution in [1.29, 1.82) is 0 Å². The molecule has 0 saturated carbocycles. The van der Waals surface area contributed by atoms with Crippen molar-refractivity contribution >= 4 is 17.9 Å². The van der Waals surface area contributed by atoms with Crippen LogP contribution in [0.3, 0.4) is 0 Å². The highest BCUT2D eigenvalue weighted by Crippen LogP contribution is 2.25. The van der Waals surface area contributed by atoms with Crippen LogP contribution < -0.4 is 10.1 Å². The molecule has 138 valence electrons. The van der Waals surface area contributed by atoms with Crippen molar-refractivity contribution in [2.45, 2.75) is 13.0 Å². The molecule has 3 rings (SSSR count). The van der Waals surface area contributed by atoms with Crippen molar-refractivity contribution in [2.75, 3.05) is 5.32 Å². The first-order valence-electron chi connectivity index (χ1n) is 8.03. The van der Waals surface area contributed by atoms with E-state index in [-0.39, 0.29) is 11.7 Å². The molecule has 0 radical (unpaired) electrons. The minimum absolute atomic E-state index is 0.0382. The van der Waals surface area contributed by atoms with Crippen molar-refractivity contribution in [1.82, 2.24) is 0 Å². The summed E-state index contributed by atoms with van der Waals surface area (Å²) in [5, 5.41) is 2.73. The fraction of sp³-hybridized carbons (Fsp3) is 0.100. The van der Waals surface area contributed by atoms with Gasteiger partial charge in [0, 0.05) is 17.7 Å². The number of anilines is 1. The van der Waals surface area contributed by atoms with Gasteiger partial charge >= 0.3 is 6.61 Å². The van der Waals surface area contributed by atoms with E-state index in [0.717, 1.165) is 11.8 Å². The first-order valence-corrected chi connectivity index (χ1v) is 8.03. The summed E-state index contributed by atoms with van der Waals surface area (Å²) in [5.74, 6) is 0.104. The lowest BCUT2D eigenvalue weighted by Gasteiger charge is -2.04. The average molecular weight is 371 g/mol. The van der Waals surface area contributed by atoms with E-state index in [4.69, 9.17) is 4.42 Å². The number of rotatable bonds is 7. The van der Waals surface area contributed by atoms with Crippen molar-refractivity contribution in [3.8, 4) is 17.1 Å². The Hall–Kier alpha value is -3.48. The minimum Gasteiger partial charge on any atom is -0.464 e. The molecule has 0 aliphatic rings. The van der Waals surface area contributed by atoms with Gasteiger partial charge < -0.3 is 19.3 Å². The highest BCUT2D eigenvalue weighted by molar-refractivity contribution is 6.04. The summed E-state index contributed by atoms with van der Waals surface area (Å²) >= 11 is 0. The third-order valence-corrected chi connectivity index (χ3v) is 3.76. The van der Waals surface area contributed by atoms with E-state index in [1.165, 1.54) is 18.4 Å². The molecule has 0 bridgehead atoms. The van der Waals surface area contributed by atoms with Gasteiger partial charge in [-0.1, -0.05) is 12.1 Å². The number of carbonyl (C=O) groups is 2. The minimum atomic E-state index is -2.89. The summed E-state index contributed by atoms with van der Waals surface area (Å²) in [4.78, 5) is 22.8. The summed E-state index contributed by atoms with van der Waals surface area (Å²) in [5.41, 5.74) is 2.38. The Bertz CT molecular complexity index is 918. The predicted octanol–water partition coefficient (Wildman–Crippen LogP) is 4.54. The maximum absolute atomic E-state index is 12.3. The molecular formula is C20H15F2NO4. The molecule has 7 heteroatoms. The molecule has 1 aromatic heterocycles. The molecule has 3 aromatic rings. The molecular weight excluding hydrogens is 356 g/mol. The predicted molar refractivity (Wildman–Crippen MR) is 94.9 cm³/mol. The molecule has 1 heterocycles. The molecule has 2 aromatic carbocycles. The number of nitrogens with one attached hydrogen (secondary N) is 1. The van der Waals surface area contributed by atoms with E-state index in [0.29, 0.717) is 29.0 Å². The quantitative estimate of drug-likeness (QED) is 0.619. The standard InChI is InChI=1S/C20H15F2NO4/c21-20(22)27-17-7-3-14(4-8-17)18-11-15(12-26-18)19(25)23-16-5-1-13(2-6-16)9-10-24/h1-8,10-12,20H,9H2,(H,23,25). The van der Waals surface area contributed by atoms with Crippen LogP contribution in [0.25, 0.3) is 11.3 Å². The molecule has 0 aliphatic heterocycles. The second kappa shape index (κ2) is 8.27. The number of ether oxygens (including phenoxy) is 1. The van der Waals surface area contributed by atoms with Gasteiger partial charge in [-0.15, -0.1) is 0 Å².